The summed E-state index contributed by atoms with van der Waals surface area (Å²) in [5.74, 6) is 5.67. The normalized spacial score (nSPS) is 10.3. The summed E-state index contributed by atoms with van der Waals surface area (Å²) < 4.78 is 10.4. The lowest BCUT2D eigenvalue weighted by Gasteiger charge is -2.09. The van der Waals surface area contributed by atoms with Gasteiger partial charge >= 0.3 is 0 Å². The van der Waals surface area contributed by atoms with Crippen LogP contribution in [0.1, 0.15) is 20.8 Å². The van der Waals surface area contributed by atoms with Crippen molar-refractivity contribution in [1.82, 2.24) is 0 Å². The van der Waals surface area contributed by atoms with Crippen molar-refractivity contribution in [3.05, 3.63) is 12.2 Å². The maximum Gasteiger partial charge on any atom is 0.222 e. The molecule has 0 fully saturated rings. The predicted molar refractivity (Wildman–Crippen MR) is 49.6 cm³/mol. The van der Waals surface area contributed by atoms with Crippen molar-refractivity contribution in [3.8, 4) is 11.8 Å². The third-order valence-corrected chi connectivity index (χ3v) is 1.09. The molecular formula is C10H16O2. The summed E-state index contributed by atoms with van der Waals surface area (Å²) >= 11 is 0. The zero-order valence-corrected chi connectivity index (χ0v) is 7.96. The molecule has 0 atom stereocenters. The summed E-state index contributed by atoms with van der Waals surface area (Å²) in [6.07, 6.45) is 3.27. The number of hydrogen-bond acceptors (Lipinski definition) is 2. The molecule has 2 nitrogen and oxygen atoms in total. The average molecular weight is 168 g/mol. The highest BCUT2D eigenvalue weighted by Gasteiger charge is 2.00. The Balaban J connectivity index is 3.86. The van der Waals surface area contributed by atoms with E-state index in [0.717, 1.165) is 0 Å². The summed E-state index contributed by atoms with van der Waals surface area (Å²) in [6.45, 7) is 7.00. The number of hydrogen-bond donors (Lipinski definition) is 0. The van der Waals surface area contributed by atoms with E-state index in [1.807, 2.05) is 26.8 Å². The fourth-order valence-electron chi connectivity index (χ4n) is 0.634. The third-order valence-electron chi connectivity index (χ3n) is 1.09. The highest BCUT2D eigenvalue weighted by atomic mass is 16.7. The topological polar surface area (TPSA) is 18.5 Å². The molecule has 0 spiro atoms. The molecule has 0 aromatic heterocycles. The van der Waals surface area contributed by atoms with Crippen molar-refractivity contribution in [2.24, 2.45) is 0 Å². The van der Waals surface area contributed by atoms with Gasteiger partial charge < -0.3 is 9.47 Å². The molecule has 0 radical (unpaired) electrons. The zero-order chi connectivity index (χ0) is 9.23. The molecule has 0 heterocycles. The second kappa shape index (κ2) is 8.32. The zero-order valence-electron chi connectivity index (χ0n) is 7.96. The summed E-state index contributed by atoms with van der Waals surface area (Å²) in [7, 11) is 0. The lowest BCUT2D eigenvalue weighted by atomic mass is 10.5. The molecule has 0 aromatic rings. The first-order valence-corrected chi connectivity index (χ1v) is 4.20. The Labute approximate surface area is 74.6 Å². The van der Waals surface area contributed by atoms with Crippen molar-refractivity contribution in [2.75, 3.05) is 13.2 Å². The first-order chi connectivity index (χ1) is 5.85. The van der Waals surface area contributed by atoms with Gasteiger partial charge in [-0.3, -0.25) is 0 Å². The van der Waals surface area contributed by atoms with Crippen molar-refractivity contribution in [1.29, 1.82) is 0 Å². The van der Waals surface area contributed by atoms with Gasteiger partial charge in [0, 0.05) is 13.2 Å². The van der Waals surface area contributed by atoms with E-state index in [2.05, 4.69) is 11.8 Å². The Kier molecular flexibility index (Phi) is 7.78. The molecule has 0 saturated heterocycles. The minimum absolute atomic E-state index is 0.379. The third kappa shape index (κ3) is 5.96. The van der Waals surface area contributed by atoms with Gasteiger partial charge in [-0.15, -0.1) is 0 Å². The SMILES string of the molecule is C/C=C\C#CC(OCC)OCC. The summed E-state index contributed by atoms with van der Waals surface area (Å²) in [5.41, 5.74) is 0. The molecule has 0 aliphatic heterocycles. The van der Waals surface area contributed by atoms with Crippen LogP contribution >= 0.6 is 0 Å². The van der Waals surface area contributed by atoms with E-state index in [4.69, 9.17) is 9.47 Å². The summed E-state index contributed by atoms with van der Waals surface area (Å²) in [4.78, 5) is 0. The lowest BCUT2D eigenvalue weighted by Crippen LogP contribution is -2.14. The maximum atomic E-state index is 5.20. The van der Waals surface area contributed by atoms with Crippen LogP contribution in [-0.2, 0) is 9.47 Å². The van der Waals surface area contributed by atoms with Crippen LogP contribution in [0.25, 0.3) is 0 Å². The van der Waals surface area contributed by atoms with Gasteiger partial charge in [0.05, 0.1) is 0 Å². The van der Waals surface area contributed by atoms with Gasteiger partial charge in [0.2, 0.25) is 6.29 Å². The second-order valence-electron chi connectivity index (χ2n) is 2.03. The Morgan fingerprint density at radius 2 is 1.83 bits per heavy atom. The van der Waals surface area contributed by atoms with Crippen molar-refractivity contribution >= 4 is 0 Å². The number of ether oxygens (including phenoxy) is 2. The minimum Gasteiger partial charge on any atom is -0.342 e. The maximum absolute atomic E-state index is 5.20. The molecular weight excluding hydrogens is 152 g/mol. The Morgan fingerprint density at radius 3 is 2.25 bits per heavy atom. The Bertz CT molecular complexity index is 168. The predicted octanol–water partition coefficient (Wildman–Crippen LogP) is 1.97. The van der Waals surface area contributed by atoms with Gasteiger partial charge in [-0.05, 0) is 32.8 Å². The average Bonchev–Trinajstić information content (AvgIpc) is 2.06. The fourth-order valence-corrected chi connectivity index (χ4v) is 0.634. The molecule has 0 saturated carbocycles. The van der Waals surface area contributed by atoms with E-state index >= 15 is 0 Å². The second-order valence-corrected chi connectivity index (χ2v) is 2.03. The molecule has 0 N–H and O–H groups in total. The van der Waals surface area contributed by atoms with Crippen molar-refractivity contribution in [3.63, 3.8) is 0 Å². The van der Waals surface area contributed by atoms with E-state index in [9.17, 15) is 0 Å². The van der Waals surface area contributed by atoms with Crippen LogP contribution in [0, 0.1) is 11.8 Å². The number of rotatable bonds is 4. The van der Waals surface area contributed by atoms with Gasteiger partial charge in [0.15, 0.2) is 0 Å². The largest absolute Gasteiger partial charge is 0.342 e. The van der Waals surface area contributed by atoms with Crippen LogP contribution in [0.5, 0.6) is 0 Å². The lowest BCUT2D eigenvalue weighted by molar-refractivity contribution is -0.0969. The van der Waals surface area contributed by atoms with Crippen molar-refractivity contribution in [2.45, 2.75) is 27.1 Å². The van der Waals surface area contributed by atoms with Crippen LogP contribution < -0.4 is 0 Å². The molecule has 0 aromatic carbocycles. The smallest absolute Gasteiger partial charge is 0.222 e. The molecule has 0 unspecified atom stereocenters. The molecule has 0 aliphatic carbocycles. The van der Waals surface area contributed by atoms with E-state index < -0.39 is 0 Å². The highest BCUT2D eigenvalue weighted by molar-refractivity contribution is 5.15. The van der Waals surface area contributed by atoms with Gasteiger partial charge in [-0.25, -0.2) is 0 Å². The summed E-state index contributed by atoms with van der Waals surface area (Å²) in [5, 5.41) is 0. The van der Waals surface area contributed by atoms with E-state index in [0.29, 0.717) is 13.2 Å². The highest BCUT2D eigenvalue weighted by Crippen LogP contribution is 1.92. The Hall–Kier alpha value is -0.780. The monoisotopic (exact) mass is 168 g/mol. The van der Waals surface area contributed by atoms with Crippen LogP contribution in [0.3, 0.4) is 0 Å². The van der Waals surface area contributed by atoms with E-state index in [1.165, 1.54) is 0 Å². The molecule has 0 aliphatic rings. The van der Waals surface area contributed by atoms with Crippen LogP contribution in [0.2, 0.25) is 0 Å². The molecule has 12 heavy (non-hydrogen) atoms. The first-order valence-electron chi connectivity index (χ1n) is 4.20. The quantitative estimate of drug-likeness (QED) is 0.472. The van der Waals surface area contributed by atoms with Crippen LogP contribution in [0.15, 0.2) is 12.2 Å². The standard InChI is InChI=1S/C10H16O2/c1-4-7-8-9-10(11-5-2)12-6-3/h4,7,10H,5-6H2,1-3H3/b7-4-. The summed E-state index contributed by atoms with van der Waals surface area (Å²) in [6, 6.07) is 0. The molecule has 0 amide bonds. The van der Waals surface area contributed by atoms with E-state index in [-0.39, 0.29) is 6.29 Å². The molecule has 68 valence electrons. The molecule has 0 rings (SSSR count). The Morgan fingerprint density at radius 1 is 1.25 bits per heavy atom. The fraction of sp³-hybridized carbons (Fsp3) is 0.600. The molecule has 0 bridgehead atoms. The van der Waals surface area contributed by atoms with Crippen molar-refractivity contribution < 1.29 is 9.47 Å². The molecule has 2 heteroatoms. The van der Waals surface area contributed by atoms with Gasteiger partial charge in [-0.2, -0.15) is 0 Å². The minimum atomic E-state index is -0.379. The van der Waals surface area contributed by atoms with Gasteiger partial charge in [0.1, 0.15) is 0 Å². The number of allylic oxidation sites excluding steroid dienone is 2. The van der Waals surface area contributed by atoms with Gasteiger partial charge in [-0.1, -0.05) is 12.0 Å². The first kappa shape index (κ1) is 11.2. The van der Waals surface area contributed by atoms with Gasteiger partial charge in [0.25, 0.3) is 0 Å². The van der Waals surface area contributed by atoms with Crippen LogP contribution in [-0.4, -0.2) is 19.5 Å². The van der Waals surface area contributed by atoms with E-state index in [1.54, 1.807) is 6.08 Å². The van der Waals surface area contributed by atoms with Crippen LogP contribution in [0.4, 0.5) is 0 Å².